The largest absolute Gasteiger partial charge is 0.457 e. The highest BCUT2D eigenvalue weighted by atomic mass is 35.5. The Morgan fingerprint density at radius 3 is 2.03 bits per heavy atom. The highest BCUT2D eigenvalue weighted by molar-refractivity contribution is 7.99. The Hall–Kier alpha value is -4.84. The smallest absolute Gasteiger partial charge is 0.303 e. The molecule has 60 heavy (non-hydrogen) atoms. The second-order valence-corrected chi connectivity index (χ2v) is 15.8. The first-order valence-electron chi connectivity index (χ1n) is 19.2. The van der Waals surface area contributed by atoms with E-state index in [-0.39, 0.29) is 30.9 Å². The summed E-state index contributed by atoms with van der Waals surface area (Å²) in [5, 5.41) is 15.2. The van der Waals surface area contributed by atoms with E-state index in [2.05, 4.69) is 10.0 Å². The first-order chi connectivity index (χ1) is 29.2. The van der Waals surface area contributed by atoms with Crippen molar-refractivity contribution < 1.29 is 52.6 Å². The molecule has 3 aliphatic rings. The van der Waals surface area contributed by atoms with Crippen LogP contribution in [0.1, 0.15) is 38.8 Å². The molecular formula is C43H43ClN4O11S. The molecule has 3 heterocycles. The minimum atomic E-state index is -1.47. The predicted molar refractivity (Wildman–Crippen MR) is 218 cm³/mol. The van der Waals surface area contributed by atoms with E-state index >= 15 is 0 Å². The fourth-order valence-corrected chi connectivity index (χ4v) is 8.91. The molecule has 15 nitrogen and oxygen atoms in total. The molecule has 0 spiro atoms. The van der Waals surface area contributed by atoms with Crippen LogP contribution in [0.25, 0.3) is 10.4 Å². The van der Waals surface area contributed by atoms with Gasteiger partial charge in [-0.15, -0.1) is 0 Å². The van der Waals surface area contributed by atoms with E-state index < -0.39 is 84.8 Å². The van der Waals surface area contributed by atoms with Crippen LogP contribution in [0.3, 0.4) is 0 Å². The lowest BCUT2D eigenvalue weighted by atomic mass is 9.94. The second-order valence-electron chi connectivity index (χ2n) is 14.2. The molecule has 10 atom stereocenters. The number of methoxy groups -OCH3 is 1. The van der Waals surface area contributed by atoms with Gasteiger partial charge in [-0.2, -0.15) is 0 Å². The van der Waals surface area contributed by atoms with Crippen LogP contribution in [0.2, 0.25) is 5.02 Å². The van der Waals surface area contributed by atoms with E-state index in [9.17, 15) is 25.0 Å². The number of esters is 1. The summed E-state index contributed by atoms with van der Waals surface area (Å²) in [5.41, 5.74) is 10.8. The summed E-state index contributed by atoms with van der Waals surface area (Å²) in [6.07, 6.45) is -8.29. The number of rotatable bonds is 16. The van der Waals surface area contributed by atoms with Gasteiger partial charge in [0.05, 0.1) is 43.7 Å². The van der Waals surface area contributed by atoms with Crippen molar-refractivity contribution in [1.82, 2.24) is 4.90 Å². The number of azide groups is 1. The van der Waals surface area contributed by atoms with Crippen LogP contribution < -0.4 is 0 Å². The molecule has 0 bridgehead atoms. The predicted octanol–water partition coefficient (Wildman–Crippen LogP) is 6.35. The molecule has 0 aliphatic carbocycles. The zero-order valence-corrected chi connectivity index (χ0v) is 34.2. The number of carbonyl (C=O) groups excluding carboxylic acids is 3. The van der Waals surface area contributed by atoms with E-state index in [0.29, 0.717) is 9.92 Å². The molecule has 4 aromatic rings. The third-order valence-electron chi connectivity index (χ3n) is 10.3. The molecular weight excluding hydrogens is 816 g/mol. The average Bonchev–Trinajstić information content (AvgIpc) is 3.51. The van der Waals surface area contributed by atoms with Gasteiger partial charge in [0.15, 0.2) is 12.4 Å². The lowest BCUT2D eigenvalue weighted by Crippen LogP contribution is -2.68. The van der Waals surface area contributed by atoms with Crippen LogP contribution in [0.5, 0.6) is 0 Å². The number of carbonyl (C=O) groups is 3. The van der Waals surface area contributed by atoms with Gasteiger partial charge in [-0.05, 0) is 53.1 Å². The van der Waals surface area contributed by atoms with Crippen LogP contribution >= 0.6 is 23.4 Å². The van der Waals surface area contributed by atoms with Crippen molar-refractivity contribution in [2.45, 2.75) is 85.5 Å². The quantitative estimate of drug-likeness (QED) is 0.0433. The maximum Gasteiger partial charge on any atom is 0.303 e. The van der Waals surface area contributed by atoms with Crippen molar-refractivity contribution in [1.29, 1.82) is 0 Å². The summed E-state index contributed by atoms with van der Waals surface area (Å²) in [4.78, 5) is 46.5. The zero-order valence-electron chi connectivity index (χ0n) is 32.6. The van der Waals surface area contributed by atoms with Gasteiger partial charge >= 0.3 is 5.97 Å². The van der Waals surface area contributed by atoms with Crippen molar-refractivity contribution in [3.63, 3.8) is 0 Å². The Balaban J connectivity index is 1.28. The molecule has 0 unspecified atom stereocenters. The van der Waals surface area contributed by atoms with Gasteiger partial charge in [0.2, 0.25) is 0 Å². The van der Waals surface area contributed by atoms with Crippen LogP contribution in [-0.2, 0) is 51.2 Å². The molecule has 0 radical (unpaired) electrons. The molecule has 17 heteroatoms. The third kappa shape index (κ3) is 9.69. The fraction of sp³-hybridized carbons (Fsp3) is 0.372. The van der Waals surface area contributed by atoms with Gasteiger partial charge in [-0.25, -0.2) is 0 Å². The Morgan fingerprint density at radius 1 is 0.833 bits per heavy atom. The lowest BCUT2D eigenvalue weighted by molar-refractivity contribution is -0.318. The van der Waals surface area contributed by atoms with E-state index in [0.717, 1.165) is 16.0 Å². The number of hydrogen-bond acceptors (Lipinski definition) is 13. The summed E-state index contributed by atoms with van der Waals surface area (Å²) < 4.78 is 44.4. The van der Waals surface area contributed by atoms with Gasteiger partial charge in [0.1, 0.15) is 41.9 Å². The van der Waals surface area contributed by atoms with Crippen molar-refractivity contribution in [3.8, 4) is 0 Å². The molecule has 314 valence electrons. The Kier molecular flexibility index (Phi) is 14.5. The fourth-order valence-electron chi connectivity index (χ4n) is 7.61. The first kappa shape index (κ1) is 43.3. The highest BCUT2D eigenvalue weighted by Crippen LogP contribution is 2.42. The normalized spacial score (nSPS) is 27.6. The van der Waals surface area contributed by atoms with Crippen molar-refractivity contribution in [3.05, 3.63) is 147 Å². The SMILES string of the molecule is CO[C@@H]1[C@@H](N=[N+]=[N-])[C@H](O[C@H]2[C@H](OC(C)=O)[C@@H](N3C(=O)c4ccccc4C3=O)[C@H](Sc3ccc(Cl)cc3)O[C@@H]2COCc2ccccc2)O[C@H](CO)[C@H]1OCc1ccccc1. The number of hydrogen-bond donors (Lipinski definition) is 1. The molecule has 0 aromatic heterocycles. The number of benzene rings is 4. The maximum absolute atomic E-state index is 14.3. The third-order valence-corrected chi connectivity index (χ3v) is 11.7. The van der Waals surface area contributed by atoms with Crippen LogP contribution in [0, 0.1) is 0 Å². The monoisotopic (exact) mass is 858 g/mol. The van der Waals surface area contributed by atoms with E-state index in [1.165, 1.54) is 25.8 Å². The Morgan fingerprint density at radius 2 is 1.45 bits per heavy atom. The number of nitrogens with zero attached hydrogens (tertiary/aromatic N) is 4. The molecule has 2 amide bonds. The summed E-state index contributed by atoms with van der Waals surface area (Å²) in [5.74, 6) is -2.00. The number of aliphatic hydroxyl groups is 1. The average molecular weight is 859 g/mol. The van der Waals surface area contributed by atoms with Crippen LogP contribution in [0.4, 0.5) is 0 Å². The van der Waals surface area contributed by atoms with Crippen LogP contribution in [0.15, 0.2) is 119 Å². The summed E-state index contributed by atoms with van der Waals surface area (Å²) in [7, 11) is 1.41. The van der Waals surface area contributed by atoms with Gasteiger partial charge in [-0.3, -0.25) is 19.3 Å². The van der Waals surface area contributed by atoms with E-state index in [1.807, 2.05) is 60.7 Å². The number of halogens is 1. The second kappa shape index (κ2) is 20.1. The van der Waals surface area contributed by atoms with Crippen LogP contribution in [-0.4, -0.2) is 109 Å². The lowest BCUT2D eigenvalue weighted by Gasteiger charge is -2.50. The molecule has 1 N–H and O–H groups in total. The number of aliphatic hydroxyl groups excluding tert-OH is 1. The maximum atomic E-state index is 14.3. The van der Waals surface area contributed by atoms with Gasteiger partial charge in [0.25, 0.3) is 11.8 Å². The molecule has 3 aliphatic heterocycles. The Bertz CT molecular complexity index is 2110. The van der Waals surface area contributed by atoms with Crippen molar-refractivity contribution in [2.75, 3.05) is 20.3 Å². The van der Waals surface area contributed by atoms with E-state index in [4.69, 9.17) is 44.8 Å². The number of ether oxygens (including phenoxy) is 7. The molecule has 2 saturated heterocycles. The van der Waals surface area contributed by atoms with Gasteiger partial charge in [0, 0.05) is 28.9 Å². The van der Waals surface area contributed by atoms with Gasteiger partial charge in [-0.1, -0.05) is 101 Å². The first-order valence-corrected chi connectivity index (χ1v) is 20.4. The molecule has 4 aromatic carbocycles. The van der Waals surface area contributed by atoms with Gasteiger partial charge < -0.3 is 38.3 Å². The van der Waals surface area contributed by atoms with Crippen molar-refractivity contribution in [2.24, 2.45) is 5.11 Å². The minimum absolute atomic E-state index is 0.125. The number of fused-ring (bicyclic) bond motifs is 1. The summed E-state index contributed by atoms with van der Waals surface area (Å²) in [6, 6.07) is 29.5. The minimum Gasteiger partial charge on any atom is -0.457 e. The Labute approximate surface area is 355 Å². The zero-order chi connectivity index (χ0) is 42.2. The number of imide groups is 1. The number of amides is 2. The van der Waals surface area contributed by atoms with Crippen molar-refractivity contribution >= 4 is 41.1 Å². The summed E-state index contributed by atoms with van der Waals surface area (Å²) in [6.45, 7) is 0.814. The molecule has 0 saturated carbocycles. The highest BCUT2D eigenvalue weighted by Gasteiger charge is 2.58. The molecule has 7 rings (SSSR count). The number of thioether (sulfide) groups is 1. The topological polar surface area (TPSA) is 188 Å². The standard InChI is InChI=1S/C43H43ClN4O11S/c1-25(50)56-39-35(48-40(51)30-15-9-10-16-31(30)41(48)52)43(60-29-19-17-28(44)18-20-29)58-33(24-54-22-26-11-5-3-6-12-26)37(39)59-42-34(46-47-45)38(53-2)36(32(21-49)57-42)55-23-27-13-7-4-8-14-27/h3-20,32-39,42-43,49H,21-24H2,1-2H3/t32-,33-,34-,35-,36-,37-,38-,39-,42+,43+/m1/s1. The molecule has 2 fully saturated rings. The van der Waals surface area contributed by atoms with E-state index in [1.54, 1.807) is 48.5 Å². The summed E-state index contributed by atoms with van der Waals surface area (Å²) >= 11 is 7.41.